The highest BCUT2D eigenvalue weighted by atomic mass is 16.1. The van der Waals surface area contributed by atoms with Crippen LogP contribution in [0.4, 0.5) is 0 Å². The smallest absolute Gasteiger partial charge is 0.120 e. The third-order valence-electron chi connectivity index (χ3n) is 5.69. The lowest BCUT2D eigenvalue weighted by Crippen LogP contribution is -1.94. The molecule has 1 N–H and O–H groups in total. The summed E-state index contributed by atoms with van der Waals surface area (Å²) in [6.45, 7) is 4.37. The Labute approximate surface area is 171 Å². The molecule has 29 heavy (non-hydrogen) atoms. The van der Waals surface area contributed by atoms with Crippen LogP contribution >= 0.6 is 0 Å². The van der Waals surface area contributed by atoms with Gasteiger partial charge in [-0.15, -0.1) is 0 Å². The molecular formula is C25H25N3O. The summed E-state index contributed by atoms with van der Waals surface area (Å²) >= 11 is 0. The van der Waals surface area contributed by atoms with Crippen LogP contribution in [0.5, 0.6) is 0 Å². The number of rotatable bonds is 5. The van der Waals surface area contributed by atoms with E-state index in [-0.39, 0.29) is 0 Å². The van der Waals surface area contributed by atoms with Gasteiger partial charge in [-0.2, -0.15) is 5.10 Å². The van der Waals surface area contributed by atoms with Crippen LogP contribution in [0.15, 0.2) is 66.0 Å². The Morgan fingerprint density at radius 1 is 1.14 bits per heavy atom. The quantitative estimate of drug-likeness (QED) is 0.564. The first kappa shape index (κ1) is 19.1. The number of carbonyl (C=O) groups excluding carboxylic acids is 1. The molecule has 0 atom stereocenters. The van der Waals surface area contributed by atoms with E-state index in [9.17, 15) is 4.79 Å². The number of fused-ring (bicyclic) bond motifs is 1. The number of pyridine rings is 1. The van der Waals surface area contributed by atoms with Crippen molar-refractivity contribution in [2.75, 3.05) is 0 Å². The highest BCUT2D eigenvalue weighted by Crippen LogP contribution is 2.35. The second-order valence-electron chi connectivity index (χ2n) is 7.59. The molecule has 0 radical (unpaired) electrons. The van der Waals surface area contributed by atoms with Crippen molar-refractivity contribution in [1.29, 1.82) is 0 Å². The van der Waals surface area contributed by atoms with Gasteiger partial charge in [0.25, 0.3) is 0 Å². The first-order chi connectivity index (χ1) is 14.2. The Morgan fingerprint density at radius 2 is 2.03 bits per heavy atom. The van der Waals surface area contributed by atoms with Crippen LogP contribution in [-0.4, -0.2) is 21.5 Å². The van der Waals surface area contributed by atoms with Crippen molar-refractivity contribution in [3.63, 3.8) is 0 Å². The summed E-state index contributed by atoms with van der Waals surface area (Å²) in [7, 11) is 0. The standard InChI is InChI=1S/C25H25N3O/c1-17-5-3-7-20(10-8-18(17)2)25-23(16-27-28-25)21-12-13-26-24-11-9-19(6-4-14-29)15-22(21)24/h3,5,7,9,11-16H,4,6,8,10H2,1-2H3,(H,27,28)/b5-3-,18-17+,20-7+. The van der Waals surface area contributed by atoms with Gasteiger partial charge in [0.1, 0.15) is 6.29 Å². The molecule has 4 heteroatoms. The SMILES string of the molecule is CC1=C(/C)CC\C(c2[nH]ncc2-c2ccnc3ccc(CCC=O)cc23)=C/C=C\1. The highest BCUT2D eigenvalue weighted by molar-refractivity contribution is 5.97. The van der Waals surface area contributed by atoms with Gasteiger partial charge in [0.15, 0.2) is 0 Å². The number of aromatic nitrogens is 3. The van der Waals surface area contributed by atoms with E-state index in [0.29, 0.717) is 6.42 Å². The van der Waals surface area contributed by atoms with Gasteiger partial charge < -0.3 is 4.79 Å². The van der Waals surface area contributed by atoms with Crippen LogP contribution in [-0.2, 0) is 11.2 Å². The van der Waals surface area contributed by atoms with E-state index in [4.69, 9.17) is 0 Å². The van der Waals surface area contributed by atoms with Crippen molar-refractivity contribution in [3.8, 4) is 11.1 Å². The summed E-state index contributed by atoms with van der Waals surface area (Å²) in [6, 6.07) is 8.29. The number of allylic oxidation sites excluding steroid dienone is 6. The summed E-state index contributed by atoms with van der Waals surface area (Å²) in [4.78, 5) is 15.3. The lowest BCUT2D eigenvalue weighted by atomic mass is 9.92. The molecule has 0 saturated heterocycles. The summed E-state index contributed by atoms with van der Waals surface area (Å²) in [5, 5.41) is 8.69. The zero-order chi connectivity index (χ0) is 20.2. The zero-order valence-electron chi connectivity index (χ0n) is 16.9. The lowest BCUT2D eigenvalue weighted by Gasteiger charge is -2.13. The van der Waals surface area contributed by atoms with Crippen molar-refractivity contribution >= 4 is 22.8 Å². The molecule has 0 aliphatic heterocycles. The first-order valence-corrected chi connectivity index (χ1v) is 10.1. The van der Waals surface area contributed by atoms with Crippen molar-refractivity contribution in [2.24, 2.45) is 0 Å². The summed E-state index contributed by atoms with van der Waals surface area (Å²) in [5.41, 5.74) is 9.37. The van der Waals surface area contributed by atoms with Crippen LogP contribution < -0.4 is 0 Å². The predicted molar refractivity (Wildman–Crippen MR) is 118 cm³/mol. The molecule has 2 aromatic heterocycles. The second-order valence-corrected chi connectivity index (χ2v) is 7.59. The number of hydrogen-bond donors (Lipinski definition) is 1. The lowest BCUT2D eigenvalue weighted by molar-refractivity contribution is -0.107. The van der Waals surface area contributed by atoms with E-state index in [1.54, 1.807) is 0 Å². The Morgan fingerprint density at radius 3 is 2.90 bits per heavy atom. The van der Waals surface area contributed by atoms with Gasteiger partial charge in [0.2, 0.25) is 0 Å². The topological polar surface area (TPSA) is 58.6 Å². The van der Waals surface area contributed by atoms with Gasteiger partial charge in [-0.05, 0) is 68.0 Å². The van der Waals surface area contributed by atoms with E-state index < -0.39 is 0 Å². The number of nitrogens with one attached hydrogen (secondary N) is 1. The van der Waals surface area contributed by atoms with Crippen LogP contribution in [0.2, 0.25) is 0 Å². The predicted octanol–water partition coefficient (Wildman–Crippen LogP) is 5.83. The normalized spacial score (nSPS) is 20.0. The molecule has 1 aromatic carbocycles. The fourth-order valence-electron chi connectivity index (χ4n) is 3.81. The van der Waals surface area contributed by atoms with Gasteiger partial charge in [0, 0.05) is 23.6 Å². The Balaban J connectivity index is 1.78. The zero-order valence-corrected chi connectivity index (χ0v) is 16.9. The fourth-order valence-corrected chi connectivity index (χ4v) is 3.81. The molecule has 0 spiro atoms. The molecule has 0 fully saturated rings. The maximum Gasteiger partial charge on any atom is 0.120 e. The second kappa shape index (κ2) is 8.39. The molecule has 0 bridgehead atoms. The maximum absolute atomic E-state index is 10.8. The minimum Gasteiger partial charge on any atom is -0.303 e. The third-order valence-corrected chi connectivity index (χ3v) is 5.69. The van der Waals surface area contributed by atoms with E-state index >= 15 is 0 Å². The van der Waals surface area contributed by atoms with Gasteiger partial charge in [0.05, 0.1) is 17.4 Å². The number of benzene rings is 1. The van der Waals surface area contributed by atoms with Gasteiger partial charge >= 0.3 is 0 Å². The van der Waals surface area contributed by atoms with Crippen molar-refractivity contribution in [1.82, 2.24) is 15.2 Å². The number of nitrogens with zero attached hydrogens (tertiary/aromatic N) is 2. The number of hydrogen-bond acceptors (Lipinski definition) is 3. The highest BCUT2D eigenvalue weighted by Gasteiger charge is 2.16. The third kappa shape index (κ3) is 3.97. The maximum atomic E-state index is 10.8. The minimum atomic E-state index is 0.531. The van der Waals surface area contributed by atoms with Crippen LogP contribution in [0.25, 0.3) is 27.6 Å². The molecule has 1 aliphatic rings. The van der Waals surface area contributed by atoms with E-state index in [0.717, 1.165) is 58.8 Å². The van der Waals surface area contributed by atoms with E-state index in [1.165, 1.54) is 16.7 Å². The number of carbonyl (C=O) groups is 1. The van der Waals surface area contributed by atoms with Gasteiger partial charge in [-0.1, -0.05) is 35.4 Å². The summed E-state index contributed by atoms with van der Waals surface area (Å²) in [6.07, 6.45) is 14.5. The molecule has 146 valence electrons. The van der Waals surface area contributed by atoms with Crippen LogP contribution in [0, 0.1) is 0 Å². The largest absolute Gasteiger partial charge is 0.303 e. The van der Waals surface area contributed by atoms with Gasteiger partial charge in [-0.3, -0.25) is 10.1 Å². The number of aldehydes is 1. The fraction of sp³-hybridized carbons (Fsp3) is 0.240. The number of aromatic amines is 1. The average molecular weight is 383 g/mol. The monoisotopic (exact) mass is 383 g/mol. The Bertz CT molecular complexity index is 1150. The van der Waals surface area contributed by atoms with Crippen molar-refractivity contribution < 1.29 is 4.79 Å². The Kier molecular flexibility index (Phi) is 5.52. The van der Waals surface area contributed by atoms with Crippen molar-refractivity contribution in [2.45, 2.75) is 39.5 Å². The number of aryl methyl sites for hydroxylation is 1. The van der Waals surface area contributed by atoms with E-state index in [2.05, 4.69) is 65.5 Å². The van der Waals surface area contributed by atoms with Gasteiger partial charge in [-0.25, -0.2) is 0 Å². The molecule has 0 amide bonds. The van der Waals surface area contributed by atoms with Crippen LogP contribution in [0.1, 0.15) is 44.4 Å². The molecule has 0 unspecified atom stereocenters. The summed E-state index contributed by atoms with van der Waals surface area (Å²) < 4.78 is 0. The minimum absolute atomic E-state index is 0.531. The molecular weight excluding hydrogens is 358 g/mol. The molecule has 4 nitrogen and oxygen atoms in total. The molecule has 2 heterocycles. The molecule has 1 aliphatic carbocycles. The molecule has 0 saturated carbocycles. The first-order valence-electron chi connectivity index (χ1n) is 10.1. The molecule has 4 rings (SSSR count). The average Bonchev–Trinajstić information content (AvgIpc) is 3.21. The van der Waals surface area contributed by atoms with Crippen molar-refractivity contribution in [3.05, 3.63) is 77.3 Å². The Hall–Kier alpha value is -3.27. The molecule has 3 aromatic rings. The summed E-state index contributed by atoms with van der Waals surface area (Å²) in [5.74, 6) is 0. The number of H-pyrrole nitrogens is 1. The van der Waals surface area contributed by atoms with E-state index in [1.807, 2.05) is 18.5 Å². The van der Waals surface area contributed by atoms with Crippen LogP contribution in [0.3, 0.4) is 0 Å².